The number of benzene rings is 1. The summed E-state index contributed by atoms with van der Waals surface area (Å²) in [5.41, 5.74) is 6.37. The van der Waals surface area contributed by atoms with E-state index in [1.54, 1.807) is 11.4 Å². The molecule has 0 saturated carbocycles. The molecule has 1 atom stereocenters. The van der Waals surface area contributed by atoms with Gasteiger partial charge in [-0.1, -0.05) is 11.8 Å². The molecule has 1 aliphatic rings. The van der Waals surface area contributed by atoms with Crippen molar-refractivity contribution < 1.29 is 9.18 Å². The van der Waals surface area contributed by atoms with E-state index in [0.29, 0.717) is 28.5 Å². The summed E-state index contributed by atoms with van der Waals surface area (Å²) in [5.74, 6) is 0.104. The normalized spacial score (nSPS) is 20.5. The standard InChI is InChI=1S/C16H17FN4OS2/c1-9-19-13(8-24-9)14(22)20-10-3-4-12(17)11(7-10)16(2)5-6-23-15(18)21-16/h3-4,7-8H,5-6H2,1-2H3,(H2,18,21)(H,20,22)/t16-/m0/s1. The number of hydrogen-bond acceptors (Lipinski definition) is 6. The maximum atomic E-state index is 14.3. The Kier molecular flexibility index (Phi) is 4.60. The molecule has 2 heterocycles. The lowest BCUT2D eigenvalue weighted by Crippen LogP contribution is -2.29. The fourth-order valence-electron chi connectivity index (χ4n) is 2.56. The Labute approximate surface area is 147 Å². The molecule has 0 aliphatic carbocycles. The van der Waals surface area contributed by atoms with Gasteiger partial charge >= 0.3 is 0 Å². The molecule has 8 heteroatoms. The fourth-order valence-corrected chi connectivity index (χ4v) is 4.13. The van der Waals surface area contributed by atoms with Crippen LogP contribution in [0.3, 0.4) is 0 Å². The van der Waals surface area contributed by atoms with Crippen LogP contribution in [0.5, 0.6) is 0 Å². The number of carbonyl (C=O) groups is 1. The smallest absolute Gasteiger partial charge is 0.275 e. The molecule has 2 aromatic rings. The van der Waals surface area contributed by atoms with E-state index in [2.05, 4.69) is 15.3 Å². The van der Waals surface area contributed by atoms with Crippen molar-refractivity contribution in [1.29, 1.82) is 0 Å². The predicted octanol–water partition coefficient (Wildman–Crippen LogP) is 3.51. The number of aliphatic imine (C=N–C) groups is 1. The van der Waals surface area contributed by atoms with Gasteiger partial charge in [-0.2, -0.15) is 0 Å². The van der Waals surface area contributed by atoms with E-state index in [1.807, 2.05) is 13.8 Å². The zero-order chi connectivity index (χ0) is 17.3. The van der Waals surface area contributed by atoms with Crippen LogP contribution >= 0.6 is 23.1 Å². The highest BCUT2D eigenvalue weighted by atomic mass is 32.2. The molecule has 5 nitrogen and oxygen atoms in total. The summed E-state index contributed by atoms with van der Waals surface area (Å²) in [6, 6.07) is 4.50. The number of hydrogen-bond donors (Lipinski definition) is 2. The molecule has 3 N–H and O–H groups in total. The van der Waals surface area contributed by atoms with Gasteiger partial charge in [0.25, 0.3) is 5.91 Å². The predicted molar refractivity (Wildman–Crippen MR) is 97.3 cm³/mol. The van der Waals surface area contributed by atoms with E-state index < -0.39 is 5.54 Å². The van der Waals surface area contributed by atoms with Gasteiger partial charge in [0, 0.05) is 22.4 Å². The molecule has 0 fully saturated rings. The average Bonchev–Trinajstić information content (AvgIpc) is 2.95. The number of aryl methyl sites for hydroxylation is 1. The van der Waals surface area contributed by atoms with E-state index in [9.17, 15) is 9.18 Å². The van der Waals surface area contributed by atoms with Crippen LogP contribution in [0.25, 0.3) is 0 Å². The van der Waals surface area contributed by atoms with Crippen LogP contribution in [-0.4, -0.2) is 21.8 Å². The minimum atomic E-state index is -0.725. The molecular weight excluding hydrogens is 347 g/mol. The number of nitrogens with zero attached hydrogens (tertiary/aromatic N) is 2. The Morgan fingerprint density at radius 1 is 1.46 bits per heavy atom. The number of anilines is 1. The monoisotopic (exact) mass is 364 g/mol. The summed E-state index contributed by atoms with van der Waals surface area (Å²) in [6.45, 7) is 3.69. The first-order valence-corrected chi connectivity index (χ1v) is 9.25. The lowest BCUT2D eigenvalue weighted by molar-refractivity contribution is 0.102. The Morgan fingerprint density at radius 2 is 2.25 bits per heavy atom. The van der Waals surface area contributed by atoms with Gasteiger partial charge in [0.05, 0.1) is 10.5 Å². The van der Waals surface area contributed by atoms with Crippen molar-refractivity contribution in [3.63, 3.8) is 0 Å². The molecule has 0 radical (unpaired) electrons. The van der Waals surface area contributed by atoms with E-state index >= 15 is 0 Å². The first kappa shape index (κ1) is 16.9. The molecule has 1 aliphatic heterocycles. The highest BCUT2D eigenvalue weighted by Gasteiger charge is 2.32. The molecule has 1 aromatic heterocycles. The fraction of sp³-hybridized carbons (Fsp3) is 0.312. The first-order chi connectivity index (χ1) is 11.4. The summed E-state index contributed by atoms with van der Waals surface area (Å²) in [5, 5.41) is 5.73. The van der Waals surface area contributed by atoms with E-state index in [4.69, 9.17) is 5.73 Å². The molecule has 0 bridgehead atoms. The number of carbonyl (C=O) groups excluding carboxylic acids is 1. The zero-order valence-electron chi connectivity index (χ0n) is 13.3. The molecule has 24 heavy (non-hydrogen) atoms. The molecular formula is C16H17FN4OS2. The van der Waals surface area contributed by atoms with Gasteiger partial charge in [0.15, 0.2) is 5.17 Å². The van der Waals surface area contributed by atoms with Gasteiger partial charge in [-0.25, -0.2) is 9.37 Å². The van der Waals surface area contributed by atoms with E-state index in [0.717, 1.165) is 10.8 Å². The van der Waals surface area contributed by atoms with Crippen molar-refractivity contribution in [3.8, 4) is 0 Å². The van der Waals surface area contributed by atoms with Gasteiger partial charge < -0.3 is 11.1 Å². The maximum Gasteiger partial charge on any atom is 0.275 e. The number of amides is 1. The SMILES string of the molecule is Cc1nc(C(=O)Nc2ccc(F)c([C@]3(C)CCSC(N)=N3)c2)cs1. The lowest BCUT2D eigenvalue weighted by Gasteiger charge is -2.30. The van der Waals surface area contributed by atoms with Crippen LogP contribution in [-0.2, 0) is 5.54 Å². The largest absolute Gasteiger partial charge is 0.379 e. The summed E-state index contributed by atoms with van der Waals surface area (Å²) >= 11 is 2.87. The molecule has 0 saturated heterocycles. The zero-order valence-corrected chi connectivity index (χ0v) is 14.9. The molecule has 126 valence electrons. The van der Waals surface area contributed by atoms with Gasteiger partial charge in [-0.05, 0) is 38.5 Å². The Hall–Kier alpha value is -1.93. The third-order valence-electron chi connectivity index (χ3n) is 3.85. The van der Waals surface area contributed by atoms with Crippen LogP contribution < -0.4 is 11.1 Å². The third kappa shape index (κ3) is 3.44. The Bertz CT molecular complexity index is 820. The number of nitrogens with two attached hydrogens (primary N) is 1. The number of nitrogens with one attached hydrogen (secondary N) is 1. The van der Waals surface area contributed by atoms with Crippen LogP contribution in [0.2, 0.25) is 0 Å². The number of thioether (sulfide) groups is 1. The van der Waals surface area contributed by atoms with Crippen molar-refractivity contribution in [3.05, 3.63) is 45.7 Å². The molecule has 3 rings (SSSR count). The number of aromatic nitrogens is 1. The van der Waals surface area contributed by atoms with Crippen molar-refractivity contribution in [2.45, 2.75) is 25.8 Å². The minimum Gasteiger partial charge on any atom is -0.379 e. The average molecular weight is 364 g/mol. The van der Waals surface area contributed by atoms with Crippen molar-refractivity contribution in [2.24, 2.45) is 10.7 Å². The molecule has 0 spiro atoms. The summed E-state index contributed by atoms with van der Waals surface area (Å²) in [4.78, 5) is 20.8. The number of thiazole rings is 1. The highest BCUT2D eigenvalue weighted by molar-refractivity contribution is 8.13. The minimum absolute atomic E-state index is 0.315. The van der Waals surface area contributed by atoms with E-state index in [-0.39, 0.29) is 11.7 Å². The highest BCUT2D eigenvalue weighted by Crippen LogP contribution is 2.37. The topological polar surface area (TPSA) is 80.4 Å². The second-order valence-corrected chi connectivity index (χ2v) is 7.90. The van der Waals surface area contributed by atoms with Crippen molar-refractivity contribution in [2.75, 3.05) is 11.1 Å². The summed E-state index contributed by atoms with van der Waals surface area (Å²) in [7, 11) is 0. The van der Waals surface area contributed by atoms with Crippen LogP contribution in [0.1, 0.15) is 34.4 Å². The lowest BCUT2D eigenvalue weighted by atomic mass is 9.89. The van der Waals surface area contributed by atoms with Crippen LogP contribution in [0, 0.1) is 12.7 Å². The number of amidine groups is 1. The Morgan fingerprint density at radius 3 is 2.92 bits per heavy atom. The first-order valence-electron chi connectivity index (χ1n) is 7.39. The van der Waals surface area contributed by atoms with Crippen molar-refractivity contribution >= 4 is 39.9 Å². The summed E-state index contributed by atoms with van der Waals surface area (Å²) in [6.07, 6.45) is 0.679. The molecule has 1 amide bonds. The van der Waals surface area contributed by atoms with Crippen LogP contribution in [0.4, 0.5) is 10.1 Å². The second kappa shape index (κ2) is 6.52. The van der Waals surface area contributed by atoms with Gasteiger partial charge in [-0.3, -0.25) is 9.79 Å². The number of halogens is 1. The Balaban J connectivity index is 1.89. The van der Waals surface area contributed by atoms with Crippen LogP contribution in [0.15, 0.2) is 28.6 Å². The quantitative estimate of drug-likeness (QED) is 0.873. The van der Waals surface area contributed by atoms with E-state index in [1.165, 1.54) is 35.2 Å². The summed E-state index contributed by atoms with van der Waals surface area (Å²) < 4.78 is 14.3. The maximum absolute atomic E-state index is 14.3. The van der Waals surface area contributed by atoms with Gasteiger partial charge in [0.2, 0.25) is 0 Å². The third-order valence-corrected chi connectivity index (χ3v) is 5.42. The molecule has 1 aromatic carbocycles. The molecule has 0 unspecified atom stereocenters. The van der Waals surface area contributed by atoms with Gasteiger partial charge in [-0.15, -0.1) is 11.3 Å². The second-order valence-electron chi connectivity index (χ2n) is 5.72. The van der Waals surface area contributed by atoms with Gasteiger partial charge in [0.1, 0.15) is 11.5 Å². The van der Waals surface area contributed by atoms with Crippen molar-refractivity contribution in [1.82, 2.24) is 4.98 Å². The number of rotatable bonds is 3.